The minimum atomic E-state index is -0.329. The number of ether oxygens (including phenoxy) is 1. The molecule has 3 rings (SSSR count). The molecule has 2 nitrogen and oxygen atoms in total. The summed E-state index contributed by atoms with van der Waals surface area (Å²) in [5, 5.41) is 2.00. The molecule has 0 aliphatic rings. The Morgan fingerprint density at radius 3 is 2.50 bits per heavy atom. The number of esters is 1. The molecule has 0 aromatic heterocycles. The first kappa shape index (κ1) is 12.4. The van der Waals surface area contributed by atoms with Crippen molar-refractivity contribution in [2.24, 2.45) is 0 Å². The Balaban J connectivity index is 1.95. The van der Waals surface area contributed by atoms with Gasteiger partial charge in [-0.05, 0) is 30.5 Å². The van der Waals surface area contributed by atoms with E-state index in [4.69, 9.17) is 4.74 Å². The van der Waals surface area contributed by atoms with Gasteiger partial charge in [-0.1, -0.05) is 54.1 Å². The third-order valence-corrected chi connectivity index (χ3v) is 3.21. The van der Waals surface area contributed by atoms with Crippen molar-refractivity contribution >= 4 is 16.7 Å². The Morgan fingerprint density at radius 1 is 0.900 bits per heavy atom. The molecule has 0 radical (unpaired) electrons. The minimum Gasteiger partial charge on any atom is -0.422 e. The van der Waals surface area contributed by atoms with Crippen molar-refractivity contribution in [1.82, 2.24) is 0 Å². The summed E-state index contributed by atoms with van der Waals surface area (Å²) >= 11 is 0. The van der Waals surface area contributed by atoms with Gasteiger partial charge in [0.15, 0.2) is 0 Å². The first-order valence-electron chi connectivity index (χ1n) is 6.51. The van der Waals surface area contributed by atoms with E-state index in [0.717, 1.165) is 16.3 Å². The average molecular weight is 262 g/mol. The molecule has 0 aliphatic carbocycles. The van der Waals surface area contributed by atoms with Crippen LogP contribution in [0.1, 0.15) is 15.9 Å². The van der Waals surface area contributed by atoms with Gasteiger partial charge in [-0.15, -0.1) is 0 Å². The topological polar surface area (TPSA) is 26.3 Å². The van der Waals surface area contributed by atoms with Gasteiger partial charge in [-0.25, -0.2) is 4.79 Å². The lowest BCUT2D eigenvalue weighted by atomic mass is 10.1. The molecule has 0 amide bonds. The molecule has 3 aromatic rings. The van der Waals surface area contributed by atoms with Gasteiger partial charge in [0.05, 0.1) is 5.56 Å². The molecule has 0 aliphatic heterocycles. The number of carbonyl (C=O) groups excluding carboxylic acids is 1. The molecule has 2 heteroatoms. The highest BCUT2D eigenvalue weighted by molar-refractivity contribution is 5.95. The smallest absolute Gasteiger partial charge is 0.343 e. The number of hydrogen-bond acceptors (Lipinski definition) is 2. The Kier molecular flexibility index (Phi) is 3.21. The van der Waals surface area contributed by atoms with Crippen molar-refractivity contribution in [3.8, 4) is 5.75 Å². The van der Waals surface area contributed by atoms with E-state index in [0.29, 0.717) is 11.3 Å². The van der Waals surface area contributed by atoms with Crippen LogP contribution in [0.2, 0.25) is 0 Å². The zero-order valence-electron chi connectivity index (χ0n) is 11.2. The van der Waals surface area contributed by atoms with E-state index < -0.39 is 0 Å². The lowest BCUT2D eigenvalue weighted by Gasteiger charge is -2.08. The summed E-state index contributed by atoms with van der Waals surface area (Å²) in [6, 6.07) is 21.0. The van der Waals surface area contributed by atoms with E-state index in [2.05, 4.69) is 0 Å². The van der Waals surface area contributed by atoms with Crippen molar-refractivity contribution in [3.05, 3.63) is 77.9 Å². The van der Waals surface area contributed by atoms with Crippen molar-refractivity contribution in [3.63, 3.8) is 0 Å². The van der Waals surface area contributed by atoms with Crippen LogP contribution in [0.5, 0.6) is 5.75 Å². The molecule has 0 N–H and O–H groups in total. The van der Waals surface area contributed by atoms with Crippen LogP contribution in [0.15, 0.2) is 66.7 Å². The van der Waals surface area contributed by atoms with Gasteiger partial charge < -0.3 is 4.74 Å². The quantitative estimate of drug-likeness (QED) is 0.506. The van der Waals surface area contributed by atoms with Crippen LogP contribution in [-0.4, -0.2) is 5.97 Å². The highest BCUT2D eigenvalue weighted by Crippen LogP contribution is 2.25. The molecular weight excluding hydrogens is 248 g/mol. The Labute approximate surface area is 117 Å². The monoisotopic (exact) mass is 262 g/mol. The number of benzene rings is 3. The van der Waals surface area contributed by atoms with E-state index in [1.807, 2.05) is 67.6 Å². The number of carbonyl (C=O) groups is 1. The maximum Gasteiger partial charge on any atom is 0.343 e. The number of hydrogen-bond donors (Lipinski definition) is 0. The predicted molar refractivity (Wildman–Crippen MR) is 80.1 cm³/mol. The Hall–Kier alpha value is -2.61. The third-order valence-electron chi connectivity index (χ3n) is 3.21. The largest absolute Gasteiger partial charge is 0.422 e. The highest BCUT2D eigenvalue weighted by Gasteiger charge is 2.10. The van der Waals surface area contributed by atoms with Gasteiger partial charge in [0.1, 0.15) is 5.75 Å². The SMILES string of the molecule is Cc1cccc(C(=O)Oc2cccc3ccccc23)c1. The number of fused-ring (bicyclic) bond motifs is 1. The van der Waals surface area contributed by atoms with E-state index >= 15 is 0 Å². The van der Waals surface area contributed by atoms with Crippen molar-refractivity contribution in [1.29, 1.82) is 0 Å². The summed E-state index contributed by atoms with van der Waals surface area (Å²) in [5.74, 6) is 0.264. The molecule has 0 fully saturated rings. The molecule has 0 unspecified atom stereocenters. The first-order valence-corrected chi connectivity index (χ1v) is 6.51. The molecule has 0 bridgehead atoms. The molecule has 0 spiro atoms. The third kappa shape index (κ3) is 2.41. The molecule has 0 atom stereocenters. The van der Waals surface area contributed by atoms with Crippen LogP contribution in [0.4, 0.5) is 0 Å². The van der Waals surface area contributed by atoms with Crippen LogP contribution in [-0.2, 0) is 0 Å². The van der Waals surface area contributed by atoms with Crippen molar-refractivity contribution in [2.75, 3.05) is 0 Å². The fourth-order valence-electron chi connectivity index (χ4n) is 2.22. The molecule has 20 heavy (non-hydrogen) atoms. The maximum atomic E-state index is 12.2. The summed E-state index contributed by atoms with van der Waals surface area (Å²) in [5.41, 5.74) is 1.61. The van der Waals surface area contributed by atoms with Gasteiger partial charge >= 0.3 is 5.97 Å². The maximum absolute atomic E-state index is 12.2. The molecule has 98 valence electrons. The lowest BCUT2D eigenvalue weighted by molar-refractivity contribution is 0.0737. The van der Waals surface area contributed by atoms with Gasteiger partial charge in [0.25, 0.3) is 0 Å². The normalized spacial score (nSPS) is 10.4. The molecule has 3 aromatic carbocycles. The molecular formula is C18H14O2. The fourth-order valence-corrected chi connectivity index (χ4v) is 2.22. The van der Waals surface area contributed by atoms with E-state index in [-0.39, 0.29) is 5.97 Å². The van der Waals surface area contributed by atoms with Gasteiger partial charge in [0.2, 0.25) is 0 Å². The second kappa shape index (κ2) is 5.17. The molecule has 0 saturated carbocycles. The van der Waals surface area contributed by atoms with Crippen molar-refractivity contribution in [2.45, 2.75) is 6.92 Å². The highest BCUT2D eigenvalue weighted by atomic mass is 16.5. The van der Waals surface area contributed by atoms with Gasteiger partial charge in [0, 0.05) is 5.39 Å². The van der Waals surface area contributed by atoms with E-state index in [9.17, 15) is 4.79 Å². The first-order chi connectivity index (χ1) is 9.74. The Bertz CT molecular complexity index is 770. The van der Waals surface area contributed by atoms with Crippen LogP contribution in [0.25, 0.3) is 10.8 Å². The summed E-state index contributed by atoms with van der Waals surface area (Å²) in [4.78, 5) is 12.2. The summed E-state index contributed by atoms with van der Waals surface area (Å²) in [6.07, 6.45) is 0. The summed E-state index contributed by atoms with van der Waals surface area (Å²) in [6.45, 7) is 1.95. The van der Waals surface area contributed by atoms with Crippen LogP contribution in [0.3, 0.4) is 0 Å². The van der Waals surface area contributed by atoms with Crippen LogP contribution >= 0.6 is 0 Å². The summed E-state index contributed by atoms with van der Waals surface area (Å²) in [7, 11) is 0. The summed E-state index contributed by atoms with van der Waals surface area (Å²) < 4.78 is 5.53. The molecule has 0 saturated heterocycles. The average Bonchev–Trinajstić information content (AvgIpc) is 2.47. The second-order valence-electron chi connectivity index (χ2n) is 4.74. The predicted octanol–water partition coefficient (Wildman–Crippen LogP) is 4.37. The zero-order chi connectivity index (χ0) is 13.9. The fraction of sp³-hybridized carbons (Fsp3) is 0.0556. The van der Waals surface area contributed by atoms with Gasteiger partial charge in [-0.3, -0.25) is 0 Å². The number of rotatable bonds is 2. The van der Waals surface area contributed by atoms with Crippen LogP contribution < -0.4 is 4.74 Å². The zero-order valence-corrected chi connectivity index (χ0v) is 11.2. The van der Waals surface area contributed by atoms with Crippen molar-refractivity contribution < 1.29 is 9.53 Å². The lowest BCUT2D eigenvalue weighted by Crippen LogP contribution is -2.08. The number of aryl methyl sites for hydroxylation is 1. The van der Waals surface area contributed by atoms with Gasteiger partial charge in [-0.2, -0.15) is 0 Å². The Morgan fingerprint density at radius 2 is 1.65 bits per heavy atom. The molecule has 0 heterocycles. The van der Waals surface area contributed by atoms with Crippen LogP contribution in [0, 0.1) is 6.92 Å². The van der Waals surface area contributed by atoms with E-state index in [1.165, 1.54) is 0 Å². The minimum absolute atomic E-state index is 0.329. The van der Waals surface area contributed by atoms with E-state index in [1.54, 1.807) is 6.07 Å². The standard InChI is InChI=1S/C18H14O2/c1-13-6-4-9-15(12-13)18(19)20-17-11-5-8-14-7-2-3-10-16(14)17/h2-12H,1H3. The second-order valence-corrected chi connectivity index (χ2v) is 4.74.